The molecule has 2 rings (SSSR count). The van der Waals surface area contributed by atoms with E-state index in [0.717, 1.165) is 25.4 Å². The summed E-state index contributed by atoms with van der Waals surface area (Å²) in [7, 11) is 2.17. The highest BCUT2D eigenvalue weighted by Crippen LogP contribution is 2.25. The van der Waals surface area contributed by atoms with Gasteiger partial charge in [-0.05, 0) is 51.7 Å². The van der Waals surface area contributed by atoms with Gasteiger partial charge in [0, 0.05) is 12.6 Å². The van der Waals surface area contributed by atoms with Crippen LogP contribution in [0.3, 0.4) is 0 Å². The van der Waals surface area contributed by atoms with Gasteiger partial charge in [0.15, 0.2) is 0 Å². The monoisotopic (exact) mass is 284 g/mol. The molecule has 4 heteroatoms. The van der Waals surface area contributed by atoms with Gasteiger partial charge in [-0.1, -0.05) is 19.8 Å². The highest BCUT2D eigenvalue weighted by Gasteiger charge is 2.21. The highest BCUT2D eigenvalue weighted by atomic mass is 16.5. The van der Waals surface area contributed by atoms with Crippen molar-refractivity contribution in [3.8, 4) is 0 Å². The quantitative estimate of drug-likeness (QED) is 0.778. The molecule has 0 aromatic rings. The SMILES string of the molecule is CC1CCCC(OCC(O)CNC2CCN(C)CC2)C1. The molecule has 0 aromatic heterocycles. The lowest BCUT2D eigenvalue weighted by Crippen LogP contribution is -2.44. The molecule has 1 aliphatic carbocycles. The molecular weight excluding hydrogens is 252 g/mol. The van der Waals surface area contributed by atoms with E-state index in [1.54, 1.807) is 0 Å². The van der Waals surface area contributed by atoms with Gasteiger partial charge in [-0.3, -0.25) is 0 Å². The second kappa shape index (κ2) is 8.32. The number of piperidine rings is 1. The summed E-state index contributed by atoms with van der Waals surface area (Å²) in [6.45, 7) is 5.76. The fourth-order valence-corrected chi connectivity index (χ4v) is 3.35. The minimum absolute atomic E-state index is 0.369. The van der Waals surface area contributed by atoms with E-state index in [9.17, 15) is 5.11 Å². The fourth-order valence-electron chi connectivity index (χ4n) is 3.35. The molecule has 2 aliphatic rings. The number of aliphatic hydroxyl groups is 1. The molecule has 1 saturated carbocycles. The van der Waals surface area contributed by atoms with Gasteiger partial charge in [-0.25, -0.2) is 0 Å². The summed E-state index contributed by atoms with van der Waals surface area (Å²) in [5.41, 5.74) is 0. The Balaban J connectivity index is 1.55. The Morgan fingerprint density at radius 3 is 2.70 bits per heavy atom. The summed E-state index contributed by atoms with van der Waals surface area (Å²) in [5, 5.41) is 13.5. The molecule has 0 amide bonds. The second-order valence-electron chi connectivity index (χ2n) is 6.87. The summed E-state index contributed by atoms with van der Waals surface area (Å²) in [5.74, 6) is 0.781. The number of ether oxygens (including phenoxy) is 1. The van der Waals surface area contributed by atoms with Crippen molar-refractivity contribution in [3.63, 3.8) is 0 Å². The van der Waals surface area contributed by atoms with E-state index in [1.807, 2.05) is 0 Å². The van der Waals surface area contributed by atoms with E-state index < -0.39 is 0 Å². The third-order valence-corrected chi connectivity index (χ3v) is 4.77. The number of aliphatic hydroxyl groups excluding tert-OH is 1. The fraction of sp³-hybridized carbons (Fsp3) is 1.00. The summed E-state index contributed by atoms with van der Waals surface area (Å²) in [4.78, 5) is 2.36. The number of hydrogen-bond acceptors (Lipinski definition) is 4. The van der Waals surface area contributed by atoms with Crippen LogP contribution in [0.15, 0.2) is 0 Å². The lowest BCUT2D eigenvalue weighted by atomic mass is 9.89. The first-order chi connectivity index (χ1) is 9.63. The van der Waals surface area contributed by atoms with Gasteiger partial charge in [-0.2, -0.15) is 0 Å². The molecule has 0 spiro atoms. The molecule has 2 N–H and O–H groups in total. The molecule has 0 bridgehead atoms. The average Bonchev–Trinajstić information content (AvgIpc) is 2.45. The van der Waals surface area contributed by atoms with E-state index in [0.29, 0.717) is 25.3 Å². The van der Waals surface area contributed by atoms with E-state index >= 15 is 0 Å². The van der Waals surface area contributed by atoms with E-state index in [1.165, 1.54) is 32.1 Å². The number of hydrogen-bond donors (Lipinski definition) is 2. The van der Waals surface area contributed by atoms with Crippen molar-refractivity contribution in [1.82, 2.24) is 10.2 Å². The molecule has 2 fully saturated rings. The molecule has 0 aromatic carbocycles. The molecule has 1 aliphatic heterocycles. The van der Waals surface area contributed by atoms with Crippen molar-refractivity contribution in [2.75, 3.05) is 33.3 Å². The highest BCUT2D eigenvalue weighted by molar-refractivity contribution is 4.77. The van der Waals surface area contributed by atoms with Crippen LogP contribution in [0.5, 0.6) is 0 Å². The first-order valence-electron chi connectivity index (χ1n) is 8.35. The molecule has 1 heterocycles. The van der Waals surface area contributed by atoms with Crippen LogP contribution in [-0.4, -0.2) is 61.5 Å². The number of likely N-dealkylation sites (tertiary alicyclic amines) is 1. The van der Waals surface area contributed by atoms with Crippen LogP contribution in [0.4, 0.5) is 0 Å². The van der Waals surface area contributed by atoms with Crippen LogP contribution in [0.25, 0.3) is 0 Å². The Morgan fingerprint density at radius 1 is 1.25 bits per heavy atom. The zero-order chi connectivity index (χ0) is 14.4. The maximum Gasteiger partial charge on any atom is 0.0897 e. The summed E-state index contributed by atoms with van der Waals surface area (Å²) < 4.78 is 5.87. The standard InChI is InChI=1S/C16H32N2O2/c1-13-4-3-5-16(10-13)20-12-15(19)11-17-14-6-8-18(2)9-7-14/h13-17,19H,3-12H2,1-2H3. The van der Waals surface area contributed by atoms with Crippen molar-refractivity contribution in [2.24, 2.45) is 5.92 Å². The summed E-state index contributed by atoms with van der Waals surface area (Å²) in [6.07, 6.45) is 7.31. The lowest BCUT2D eigenvalue weighted by molar-refractivity contribution is -0.0315. The van der Waals surface area contributed by atoms with Crippen LogP contribution in [-0.2, 0) is 4.74 Å². The Hall–Kier alpha value is -0.160. The Morgan fingerprint density at radius 2 is 2.00 bits per heavy atom. The molecule has 20 heavy (non-hydrogen) atoms. The topological polar surface area (TPSA) is 44.7 Å². The third kappa shape index (κ3) is 5.68. The van der Waals surface area contributed by atoms with Gasteiger partial charge in [0.05, 0.1) is 18.8 Å². The van der Waals surface area contributed by atoms with Gasteiger partial charge < -0.3 is 20.1 Å². The van der Waals surface area contributed by atoms with Crippen molar-refractivity contribution in [1.29, 1.82) is 0 Å². The number of nitrogens with zero attached hydrogens (tertiary/aromatic N) is 1. The van der Waals surface area contributed by atoms with Crippen LogP contribution in [0.1, 0.15) is 45.4 Å². The van der Waals surface area contributed by atoms with Crippen LogP contribution < -0.4 is 5.32 Å². The average molecular weight is 284 g/mol. The van der Waals surface area contributed by atoms with Gasteiger partial charge in [-0.15, -0.1) is 0 Å². The Bertz CT molecular complexity index is 267. The number of nitrogens with one attached hydrogen (secondary N) is 1. The normalized spacial score (nSPS) is 31.4. The smallest absolute Gasteiger partial charge is 0.0897 e. The van der Waals surface area contributed by atoms with Gasteiger partial charge in [0.1, 0.15) is 0 Å². The van der Waals surface area contributed by atoms with E-state index in [4.69, 9.17) is 4.74 Å². The van der Waals surface area contributed by atoms with Gasteiger partial charge in [0.2, 0.25) is 0 Å². The predicted octanol–water partition coefficient (Wildman–Crippen LogP) is 1.63. The molecule has 1 saturated heterocycles. The maximum atomic E-state index is 10.0. The largest absolute Gasteiger partial charge is 0.389 e. The summed E-state index contributed by atoms with van der Waals surface area (Å²) >= 11 is 0. The van der Waals surface area contributed by atoms with Gasteiger partial charge in [0.25, 0.3) is 0 Å². The molecule has 0 radical (unpaired) electrons. The third-order valence-electron chi connectivity index (χ3n) is 4.77. The predicted molar refractivity (Wildman–Crippen MR) is 81.9 cm³/mol. The summed E-state index contributed by atoms with van der Waals surface area (Å²) in [6, 6.07) is 0.565. The van der Waals surface area contributed by atoms with Crippen molar-refractivity contribution in [3.05, 3.63) is 0 Å². The minimum Gasteiger partial charge on any atom is -0.389 e. The molecule has 3 unspecified atom stereocenters. The molecule has 4 nitrogen and oxygen atoms in total. The van der Waals surface area contributed by atoms with Crippen LogP contribution in [0.2, 0.25) is 0 Å². The van der Waals surface area contributed by atoms with E-state index in [2.05, 4.69) is 24.2 Å². The number of rotatable bonds is 6. The maximum absolute atomic E-state index is 10.0. The Labute approximate surface area is 123 Å². The van der Waals surface area contributed by atoms with Crippen molar-refractivity contribution >= 4 is 0 Å². The van der Waals surface area contributed by atoms with E-state index in [-0.39, 0.29) is 6.10 Å². The first-order valence-corrected chi connectivity index (χ1v) is 8.35. The van der Waals surface area contributed by atoms with Crippen molar-refractivity contribution < 1.29 is 9.84 Å². The Kier molecular flexibility index (Phi) is 6.75. The van der Waals surface area contributed by atoms with Gasteiger partial charge >= 0.3 is 0 Å². The molecule has 118 valence electrons. The zero-order valence-electron chi connectivity index (χ0n) is 13.2. The molecule has 3 atom stereocenters. The van der Waals surface area contributed by atoms with Crippen molar-refractivity contribution in [2.45, 2.75) is 63.7 Å². The molecular formula is C16H32N2O2. The first kappa shape index (κ1) is 16.2. The minimum atomic E-state index is -0.369. The van der Waals surface area contributed by atoms with Crippen LogP contribution >= 0.6 is 0 Å². The second-order valence-corrected chi connectivity index (χ2v) is 6.87. The van der Waals surface area contributed by atoms with Crippen LogP contribution in [0, 0.1) is 5.92 Å². The lowest BCUT2D eigenvalue weighted by Gasteiger charge is -2.31. The zero-order valence-corrected chi connectivity index (χ0v) is 13.2.